The normalized spacial score (nSPS) is 23.4. The second kappa shape index (κ2) is 8.97. The lowest BCUT2D eigenvalue weighted by atomic mass is 10.0. The molecule has 13 nitrogen and oxygen atoms in total. The number of aliphatic hydroxyl groups is 1. The van der Waals surface area contributed by atoms with Gasteiger partial charge in [-0.15, -0.1) is 0 Å². The standard InChI is InChI=1S/C20H23N7O6/c1-32-10-4-2-9(3-5-10)6-11(21)18(29)26-12-14(28)19(33-15(12)20(30)31)27-8-25-13-16(22)23-7-24-17(13)27/h2-5,7-8,11-12,14-15,19,28H,6,21H2,1H3,(H,26,29)(H,30,31)(H2,22,23,24). The van der Waals surface area contributed by atoms with Gasteiger partial charge in [0.2, 0.25) is 5.91 Å². The zero-order chi connectivity index (χ0) is 23.7. The smallest absolute Gasteiger partial charge is 0.335 e. The van der Waals surface area contributed by atoms with E-state index in [-0.39, 0.29) is 23.4 Å². The van der Waals surface area contributed by atoms with Gasteiger partial charge in [0.1, 0.15) is 23.7 Å². The number of aliphatic carboxylic acids is 1. The number of rotatable bonds is 7. The molecule has 5 atom stereocenters. The minimum Gasteiger partial charge on any atom is -0.497 e. The zero-order valence-electron chi connectivity index (χ0n) is 17.5. The summed E-state index contributed by atoms with van der Waals surface area (Å²) >= 11 is 0. The quantitative estimate of drug-likeness (QED) is 0.286. The SMILES string of the molecule is COc1ccc(CC(N)C(=O)NC2C(C(=O)O)OC(n3cnc4c(N)ncnc43)C2O)cc1. The van der Waals surface area contributed by atoms with Crippen LogP contribution in [0, 0.1) is 0 Å². The third-order valence-corrected chi connectivity index (χ3v) is 5.44. The molecule has 1 aromatic carbocycles. The van der Waals surface area contributed by atoms with Crippen LogP contribution in [0.5, 0.6) is 5.75 Å². The van der Waals surface area contributed by atoms with Crippen molar-refractivity contribution in [3.8, 4) is 5.75 Å². The van der Waals surface area contributed by atoms with Crippen molar-refractivity contribution >= 4 is 28.9 Å². The number of carbonyl (C=O) groups excluding carboxylic acids is 1. The van der Waals surface area contributed by atoms with E-state index >= 15 is 0 Å². The van der Waals surface area contributed by atoms with Crippen molar-refractivity contribution in [3.63, 3.8) is 0 Å². The highest BCUT2D eigenvalue weighted by Crippen LogP contribution is 2.32. The molecular weight excluding hydrogens is 434 g/mol. The van der Waals surface area contributed by atoms with Crippen molar-refractivity contribution in [1.82, 2.24) is 24.8 Å². The number of nitrogens with one attached hydrogen (secondary N) is 1. The number of methoxy groups -OCH3 is 1. The molecule has 13 heteroatoms. The van der Waals surface area contributed by atoms with Gasteiger partial charge in [0.15, 0.2) is 23.8 Å². The van der Waals surface area contributed by atoms with E-state index in [0.29, 0.717) is 5.75 Å². The maximum absolute atomic E-state index is 12.7. The van der Waals surface area contributed by atoms with Gasteiger partial charge in [-0.1, -0.05) is 12.1 Å². The van der Waals surface area contributed by atoms with Crippen molar-refractivity contribution in [1.29, 1.82) is 0 Å². The molecular formula is C20H23N7O6. The summed E-state index contributed by atoms with van der Waals surface area (Å²) in [4.78, 5) is 36.5. The Hall–Kier alpha value is -3.81. The summed E-state index contributed by atoms with van der Waals surface area (Å²) in [7, 11) is 1.55. The molecule has 2 aromatic heterocycles. The Morgan fingerprint density at radius 1 is 1.27 bits per heavy atom. The first-order chi connectivity index (χ1) is 15.8. The van der Waals surface area contributed by atoms with Crippen molar-refractivity contribution in [2.75, 3.05) is 12.8 Å². The third-order valence-electron chi connectivity index (χ3n) is 5.44. The highest BCUT2D eigenvalue weighted by molar-refractivity contribution is 5.84. The van der Waals surface area contributed by atoms with Gasteiger partial charge in [0, 0.05) is 0 Å². The molecule has 0 bridgehead atoms. The van der Waals surface area contributed by atoms with Crippen LogP contribution in [0.25, 0.3) is 11.2 Å². The monoisotopic (exact) mass is 457 g/mol. The Morgan fingerprint density at radius 3 is 2.67 bits per heavy atom. The highest BCUT2D eigenvalue weighted by Gasteiger charge is 2.49. The van der Waals surface area contributed by atoms with E-state index in [2.05, 4.69) is 20.3 Å². The number of aromatic nitrogens is 4. The lowest BCUT2D eigenvalue weighted by Gasteiger charge is -2.22. The molecule has 0 aliphatic carbocycles. The molecule has 1 aliphatic rings. The molecule has 1 saturated heterocycles. The Morgan fingerprint density at radius 2 is 2.00 bits per heavy atom. The molecule has 174 valence electrons. The molecule has 4 rings (SSSR count). The summed E-state index contributed by atoms with van der Waals surface area (Å²) in [5.74, 6) is -1.20. The molecule has 33 heavy (non-hydrogen) atoms. The maximum atomic E-state index is 12.7. The predicted octanol–water partition coefficient (Wildman–Crippen LogP) is -1.19. The number of nitrogens with two attached hydrogens (primary N) is 2. The van der Waals surface area contributed by atoms with Gasteiger partial charge in [-0.2, -0.15) is 0 Å². The van der Waals surface area contributed by atoms with Crippen LogP contribution in [0.3, 0.4) is 0 Å². The van der Waals surface area contributed by atoms with Gasteiger partial charge >= 0.3 is 5.97 Å². The van der Waals surface area contributed by atoms with Crippen LogP contribution in [0.1, 0.15) is 11.8 Å². The van der Waals surface area contributed by atoms with Crippen LogP contribution < -0.4 is 21.5 Å². The number of carboxylic acid groups (broad SMARTS) is 1. The second-order valence-corrected chi connectivity index (χ2v) is 7.55. The van der Waals surface area contributed by atoms with Crippen molar-refractivity contribution in [2.24, 2.45) is 5.73 Å². The number of carbonyl (C=O) groups is 2. The lowest BCUT2D eigenvalue weighted by Crippen LogP contribution is -2.54. The molecule has 3 aromatic rings. The number of anilines is 1. The molecule has 0 saturated carbocycles. The maximum Gasteiger partial charge on any atom is 0.335 e. The first-order valence-electron chi connectivity index (χ1n) is 9.98. The minimum absolute atomic E-state index is 0.121. The van der Waals surface area contributed by atoms with Crippen molar-refractivity contribution in [3.05, 3.63) is 42.5 Å². The second-order valence-electron chi connectivity index (χ2n) is 7.55. The number of nitrogens with zero attached hydrogens (tertiary/aromatic N) is 4. The topological polar surface area (TPSA) is 201 Å². The highest BCUT2D eigenvalue weighted by atomic mass is 16.6. The van der Waals surface area contributed by atoms with E-state index < -0.39 is 42.4 Å². The fraction of sp³-hybridized carbons (Fsp3) is 0.350. The van der Waals surface area contributed by atoms with Gasteiger partial charge in [0.25, 0.3) is 0 Å². The van der Waals surface area contributed by atoms with E-state index in [0.717, 1.165) is 5.56 Å². The number of benzene rings is 1. The fourth-order valence-electron chi connectivity index (χ4n) is 3.71. The first kappa shape index (κ1) is 22.4. The number of aliphatic hydroxyl groups excluding tert-OH is 1. The Labute approximate surface area is 187 Å². The number of imidazole rings is 1. The average Bonchev–Trinajstić information content (AvgIpc) is 3.36. The summed E-state index contributed by atoms with van der Waals surface area (Å²) in [6.45, 7) is 0. The van der Waals surface area contributed by atoms with Gasteiger partial charge in [-0.25, -0.2) is 19.7 Å². The van der Waals surface area contributed by atoms with Gasteiger partial charge in [-0.05, 0) is 24.1 Å². The van der Waals surface area contributed by atoms with Gasteiger partial charge in [-0.3, -0.25) is 9.36 Å². The number of hydrogen-bond donors (Lipinski definition) is 5. The molecule has 3 heterocycles. The Kier molecular flexibility index (Phi) is 6.09. The number of carboxylic acids is 1. The average molecular weight is 457 g/mol. The molecule has 1 aliphatic heterocycles. The van der Waals surface area contributed by atoms with Crippen LogP contribution in [0.4, 0.5) is 5.82 Å². The van der Waals surface area contributed by atoms with E-state index in [1.807, 2.05) is 0 Å². The molecule has 0 radical (unpaired) electrons. The van der Waals surface area contributed by atoms with Crippen LogP contribution in [0.15, 0.2) is 36.9 Å². The van der Waals surface area contributed by atoms with Crippen molar-refractivity contribution in [2.45, 2.75) is 36.9 Å². The molecule has 7 N–H and O–H groups in total. The lowest BCUT2D eigenvalue weighted by molar-refractivity contribution is -0.152. The zero-order valence-corrected chi connectivity index (χ0v) is 17.5. The van der Waals surface area contributed by atoms with E-state index in [9.17, 15) is 19.8 Å². The summed E-state index contributed by atoms with van der Waals surface area (Å²) < 4.78 is 12.0. The Bertz CT molecular complexity index is 1170. The van der Waals surface area contributed by atoms with Crippen molar-refractivity contribution < 1.29 is 29.3 Å². The van der Waals surface area contributed by atoms with Crippen LogP contribution in [-0.4, -0.2) is 73.0 Å². The van der Waals surface area contributed by atoms with Crippen LogP contribution in [-0.2, 0) is 20.7 Å². The van der Waals surface area contributed by atoms with Crippen LogP contribution >= 0.6 is 0 Å². The number of amides is 1. The predicted molar refractivity (Wildman–Crippen MR) is 114 cm³/mol. The molecule has 1 fully saturated rings. The molecule has 5 unspecified atom stereocenters. The summed E-state index contributed by atoms with van der Waals surface area (Å²) in [5, 5.41) is 23.0. The van der Waals surface area contributed by atoms with E-state index in [1.54, 1.807) is 31.4 Å². The summed E-state index contributed by atoms with van der Waals surface area (Å²) in [5.41, 5.74) is 13.1. The number of ether oxygens (including phenoxy) is 2. The first-order valence-corrected chi connectivity index (χ1v) is 9.98. The Balaban J connectivity index is 1.51. The number of nitrogen functional groups attached to an aromatic ring is 1. The van der Waals surface area contributed by atoms with Gasteiger partial charge in [0.05, 0.1) is 25.5 Å². The van der Waals surface area contributed by atoms with Crippen LogP contribution in [0.2, 0.25) is 0 Å². The largest absolute Gasteiger partial charge is 0.497 e. The molecule has 1 amide bonds. The van der Waals surface area contributed by atoms with Gasteiger partial charge < -0.3 is 36.5 Å². The minimum atomic E-state index is -1.53. The van der Waals surface area contributed by atoms with E-state index in [4.69, 9.17) is 20.9 Å². The number of fused-ring (bicyclic) bond motifs is 1. The molecule has 0 spiro atoms. The fourth-order valence-corrected chi connectivity index (χ4v) is 3.71. The van der Waals surface area contributed by atoms with E-state index in [1.165, 1.54) is 17.2 Å². The third kappa shape index (κ3) is 4.28. The summed E-state index contributed by atoms with van der Waals surface area (Å²) in [6, 6.07) is 4.77. The number of hydrogen-bond acceptors (Lipinski definition) is 10. The summed E-state index contributed by atoms with van der Waals surface area (Å²) in [6.07, 6.45) is -1.43.